The average Bonchev–Trinajstić information content (AvgIpc) is 2.46. The summed E-state index contributed by atoms with van der Waals surface area (Å²) in [5.41, 5.74) is 5.32. The summed E-state index contributed by atoms with van der Waals surface area (Å²) in [5, 5.41) is 0. The Morgan fingerprint density at radius 1 is 1.33 bits per heavy atom. The molecule has 0 aliphatic heterocycles. The highest BCUT2D eigenvalue weighted by Gasteiger charge is 2.63. The molecule has 5 heteroatoms. The molecule has 124 valence electrons. The molecule has 1 rings (SSSR count). The Labute approximate surface area is 129 Å². The Kier molecular flexibility index (Phi) is 6.63. The molecule has 1 amide bonds. The zero-order valence-electron chi connectivity index (χ0n) is 14.3. The number of ether oxygens (including phenoxy) is 2. The molecular formula is C16H32N2O3. The molecule has 0 bridgehead atoms. The first-order chi connectivity index (χ1) is 9.85. The van der Waals surface area contributed by atoms with Crippen molar-refractivity contribution in [3.05, 3.63) is 0 Å². The van der Waals surface area contributed by atoms with Crippen molar-refractivity contribution in [2.45, 2.75) is 58.6 Å². The SMILES string of the molecule is CCCCN(CCOC)C(=O)C1(N)CC(OCC)C1(C)C. The minimum Gasteiger partial charge on any atom is -0.383 e. The van der Waals surface area contributed by atoms with Crippen LogP contribution in [0.1, 0.15) is 47.0 Å². The fraction of sp³-hybridized carbons (Fsp3) is 0.938. The van der Waals surface area contributed by atoms with Gasteiger partial charge in [0.25, 0.3) is 0 Å². The minimum absolute atomic E-state index is 0.0361. The molecule has 1 saturated carbocycles. The maximum Gasteiger partial charge on any atom is 0.243 e. The highest BCUT2D eigenvalue weighted by molar-refractivity contribution is 5.89. The van der Waals surface area contributed by atoms with Gasteiger partial charge < -0.3 is 20.1 Å². The molecule has 5 nitrogen and oxygen atoms in total. The topological polar surface area (TPSA) is 64.8 Å². The number of carbonyl (C=O) groups is 1. The highest BCUT2D eigenvalue weighted by atomic mass is 16.5. The van der Waals surface area contributed by atoms with Gasteiger partial charge in [-0.15, -0.1) is 0 Å². The molecule has 0 heterocycles. The van der Waals surface area contributed by atoms with Crippen molar-refractivity contribution >= 4 is 5.91 Å². The van der Waals surface area contributed by atoms with E-state index in [4.69, 9.17) is 15.2 Å². The second kappa shape index (κ2) is 7.56. The quantitative estimate of drug-likeness (QED) is 0.705. The van der Waals surface area contributed by atoms with Gasteiger partial charge >= 0.3 is 0 Å². The number of amides is 1. The van der Waals surface area contributed by atoms with E-state index < -0.39 is 5.54 Å². The van der Waals surface area contributed by atoms with Crippen LogP contribution in [0.15, 0.2) is 0 Å². The number of hydrogen-bond acceptors (Lipinski definition) is 4. The minimum atomic E-state index is -0.825. The normalized spacial score (nSPS) is 27.2. The van der Waals surface area contributed by atoms with Crippen LogP contribution >= 0.6 is 0 Å². The van der Waals surface area contributed by atoms with Crippen LogP contribution in [0, 0.1) is 5.41 Å². The van der Waals surface area contributed by atoms with Crippen molar-refractivity contribution in [1.82, 2.24) is 4.90 Å². The largest absolute Gasteiger partial charge is 0.383 e. The van der Waals surface area contributed by atoms with Crippen molar-refractivity contribution in [2.24, 2.45) is 11.1 Å². The van der Waals surface area contributed by atoms with Gasteiger partial charge in [-0.2, -0.15) is 0 Å². The molecule has 21 heavy (non-hydrogen) atoms. The molecule has 2 unspecified atom stereocenters. The van der Waals surface area contributed by atoms with E-state index in [0.29, 0.717) is 26.2 Å². The zero-order chi connectivity index (χ0) is 16.1. The smallest absolute Gasteiger partial charge is 0.243 e. The molecule has 2 N–H and O–H groups in total. The van der Waals surface area contributed by atoms with Crippen LogP contribution in [0.4, 0.5) is 0 Å². The van der Waals surface area contributed by atoms with Crippen molar-refractivity contribution in [2.75, 3.05) is 33.4 Å². The lowest BCUT2D eigenvalue weighted by Gasteiger charge is -2.58. The van der Waals surface area contributed by atoms with E-state index in [1.165, 1.54) is 0 Å². The Bertz CT molecular complexity index is 338. The zero-order valence-corrected chi connectivity index (χ0v) is 14.3. The van der Waals surface area contributed by atoms with E-state index >= 15 is 0 Å². The predicted octanol–water partition coefficient (Wildman–Crippen LogP) is 1.79. The number of nitrogens with zero attached hydrogens (tertiary/aromatic N) is 1. The van der Waals surface area contributed by atoms with Crippen molar-refractivity contribution in [3.8, 4) is 0 Å². The van der Waals surface area contributed by atoms with Crippen molar-refractivity contribution in [3.63, 3.8) is 0 Å². The van der Waals surface area contributed by atoms with Gasteiger partial charge in [0.1, 0.15) is 5.54 Å². The molecule has 2 atom stereocenters. The Hall–Kier alpha value is -0.650. The number of unbranched alkanes of at least 4 members (excludes halogenated alkanes) is 1. The molecular weight excluding hydrogens is 268 g/mol. The van der Waals surface area contributed by atoms with Crippen LogP contribution in [0.25, 0.3) is 0 Å². The van der Waals surface area contributed by atoms with Crippen LogP contribution in [-0.2, 0) is 14.3 Å². The first kappa shape index (κ1) is 18.4. The molecule has 1 fully saturated rings. The van der Waals surface area contributed by atoms with E-state index in [9.17, 15) is 4.79 Å². The number of carbonyl (C=O) groups excluding carboxylic acids is 1. The lowest BCUT2D eigenvalue weighted by Crippen LogP contribution is -2.76. The predicted molar refractivity (Wildman–Crippen MR) is 84.1 cm³/mol. The molecule has 1 aliphatic rings. The fourth-order valence-corrected chi connectivity index (χ4v) is 2.95. The van der Waals surface area contributed by atoms with E-state index in [2.05, 4.69) is 6.92 Å². The van der Waals surface area contributed by atoms with E-state index in [-0.39, 0.29) is 17.4 Å². The third-order valence-electron chi connectivity index (χ3n) is 4.85. The van der Waals surface area contributed by atoms with Crippen LogP contribution in [0.3, 0.4) is 0 Å². The summed E-state index contributed by atoms with van der Waals surface area (Å²) in [6.45, 7) is 10.7. The first-order valence-corrected chi connectivity index (χ1v) is 8.03. The molecule has 0 radical (unpaired) electrons. The first-order valence-electron chi connectivity index (χ1n) is 8.03. The molecule has 1 aliphatic carbocycles. The molecule has 0 aromatic heterocycles. The Balaban J connectivity index is 2.78. The maximum absolute atomic E-state index is 12.9. The number of hydrogen-bond donors (Lipinski definition) is 1. The van der Waals surface area contributed by atoms with Crippen LogP contribution in [0.5, 0.6) is 0 Å². The van der Waals surface area contributed by atoms with Gasteiger partial charge in [0.2, 0.25) is 5.91 Å². The third-order valence-corrected chi connectivity index (χ3v) is 4.85. The number of nitrogens with two attached hydrogens (primary N) is 1. The summed E-state index contributed by atoms with van der Waals surface area (Å²) in [6.07, 6.45) is 2.70. The van der Waals surface area contributed by atoms with Gasteiger partial charge in [0.05, 0.1) is 12.7 Å². The summed E-state index contributed by atoms with van der Waals surface area (Å²) in [5.74, 6) is 0.0361. The van der Waals surface area contributed by atoms with Gasteiger partial charge in [0.15, 0.2) is 0 Å². The Morgan fingerprint density at radius 2 is 2.00 bits per heavy atom. The lowest BCUT2D eigenvalue weighted by atomic mass is 9.54. The highest BCUT2D eigenvalue weighted by Crippen LogP contribution is 2.50. The van der Waals surface area contributed by atoms with Gasteiger partial charge in [-0.05, 0) is 13.3 Å². The average molecular weight is 300 g/mol. The van der Waals surface area contributed by atoms with Gasteiger partial charge in [-0.25, -0.2) is 0 Å². The summed E-state index contributed by atoms with van der Waals surface area (Å²) in [6, 6.07) is 0. The maximum atomic E-state index is 12.9. The lowest BCUT2D eigenvalue weighted by molar-refractivity contribution is -0.179. The second-order valence-electron chi connectivity index (χ2n) is 6.48. The summed E-state index contributed by atoms with van der Waals surface area (Å²) in [7, 11) is 1.65. The van der Waals surface area contributed by atoms with Crippen molar-refractivity contribution in [1.29, 1.82) is 0 Å². The van der Waals surface area contributed by atoms with E-state index in [1.54, 1.807) is 7.11 Å². The standard InChI is InChI=1S/C16H32N2O3/c1-6-8-9-18(10-11-20-5)14(19)16(17)12-13(21-7-2)15(16,3)4/h13H,6-12,17H2,1-5H3. The number of methoxy groups -OCH3 is 1. The van der Waals surface area contributed by atoms with Crippen molar-refractivity contribution < 1.29 is 14.3 Å². The third kappa shape index (κ3) is 3.58. The fourth-order valence-electron chi connectivity index (χ4n) is 2.95. The van der Waals surface area contributed by atoms with E-state index in [1.807, 2.05) is 25.7 Å². The van der Waals surface area contributed by atoms with Gasteiger partial charge in [-0.1, -0.05) is 27.2 Å². The summed E-state index contributed by atoms with van der Waals surface area (Å²) in [4.78, 5) is 14.8. The number of rotatable bonds is 9. The molecule has 0 spiro atoms. The van der Waals surface area contributed by atoms with Gasteiger partial charge in [-0.3, -0.25) is 4.79 Å². The van der Waals surface area contributed by atoms with Crippen LogP contribution < -0.4 is 5.73 Å². The van der Waals surface area contributed by atoms with E-state index in [0.717, 1.165) is 19.4 Å². The second-order valence-corrected chi connectivity index (χ2v) is 6.48. The molecule has 0 aromatic rings. The van der Waals surface area contributed by atoms with Gasteiger partial charge in [0, 0.05) is 38.6 Å². The Morgan fingerprint density at radius 3 is 2.48 bits per heavy atom. The van der Waals surface area contributed by atoms with Crippen LogP contribution in [-0.4, -0.2) is 55.9 Å². The summed E-state index contributed by atoms with van der Waals surface area (Å²) >= 11 is 0. The molecule has 0 saturated heterocycles. The summed E-state index contributed by atoms with van der Waals surface area (Å²) < 4.78 is 10.8. The van der Waals surface area contributed by atoms with Crippen LogP contribution in [0.2, 0.25) is 0 Å². The molecule has 0 aromatic carbocycles. The monoisotopic (exact) mass is 300 g/mol.